The normalized spacial score (nSPS) is 16.2. The fourth-order valence-corrected chi connectivity index (χ4v) is 4.32. The maximum atomic E-state index is 12.4. The Kier molecular flexibility index (Phi) is 5.19. The molecule has 118 valence electrons. The first kappa shape index (κ1) is 15.6. The first-order valence-corrected chi connectivity index (χ1v) is 9.44. The Morgan fingerprint density at radius 3 is 2.91 bits per heavy atom. The van der Waals surface area contributed by atoms with Crippen molar-refractivity contribution in [2.24, 2.45) is 0 Å². The number of aromatic nitrogens is 2. The van der Waals surface area contributed by atoms with E-state index in [1.165, 1.54) is 32.1 Å². The molecular weight excluding hydrogens is 292 g/mol. The van der Waals surface area contributed by atoms with Crippen molar-refractivity contribution in [2.75, 3.05) is 5.75 Å². The Balaban J connectivity index is 1.65. The molecule has 0 bridgehead atoms. The summed E-state index contributed by atoms with van der Waals surface area (Å²) in [6.07, 6.45) is 8.59. The van der Waals surface area contributed by atoms with Crippen LogP contribution in [0.5, 0.6) is 0 Å². The van der Waals surface area contributed by atoms with E-state index < -0.39 is 0 Å². The Morgan fingerprint density at radius 2 is 2.14 bits per heavy atom. The average molecular weight is 316 g/mol. The van der Waals surface area contributed by atoms with E-state index in [1.807, 2.05) is 30.0 Å². The van der Waals surface area contributed by atoms with Gasteiger partial charge in [0.25, 0.3) is 0 Å². The molecule has 1 aromatic carbocycles. The lowest BCUT2D eigenvalue weighted by molar-refractivity contribution is 0.102. The number of imidazole rings is 1. The van der Waals surface area contributed by atoms with Gasteiger partial charge in [0, 0.05) is 17.2 Å². The van der Waals surface area contributed by atoms with E-state index in [0.29, 0.717) is 11.0 Å². The number of aryl methyl sites for hydroxylation is 1. The number of thioether (sulfide) groups is 1. The summed E-state index contributed by atoms with van der Waals surface area (Å²) in [4.78, 5) is 20.3. The third kappa shape index (κ3) is 3.72. The summed E-state index contributed by atoms with van der Waals surface area (Å²) in [6.45, 7) is 2.14. The summed E-state index contributed by atoms with van der Waals surface area (Å²) >= 11 is 1.84. The lowest BCUT2D eigenvalue weighted by Gasteiger charge is -2.20. The number of Topliss-reactive ketones (excluding diaryl/α,β-unsaturated/α-hetero) is 1. The molecule has 3 nitrogen and oxygen atoms in total. The van der Waals surface area contributed by atoms with Crippen molar-refractivity contribution < 1.29 is 4.79 Å². The quantitative estimate of drug-likeness (QED) is 0.781. The van der Waals surface area contributed by atoms with Crippen LogP contribution >= 0.6 is 11.8 Å². The molecule has 2 aromatic rings. The van der Waals surface area contributed by atoms with Crippen molar-refractivity contribution in [3.05, 3.63) is 29.6 Å². The van der Waals surface area contributed by atoms with Gasteiger partial charge in [0.15, 0.2) is 5.78 Å². The van der Waals surface area contributed by atoms with Crippen LogP contribution < -0.4 is 0 Å². The van der Waals surface area contributed by atoms with Gasteiger partial charge in [-0.25, -0.2) is 4.98 Å². The van der Waals surface area contributed by atoms with Crippen LogP contribution in [0.2, 0.25) is 0 Å². The molecule has 4 heteroatoms. The molecule has 0 saturated heterocycles. The highest BCUT2D eigenvalue weighted by atomic mass is 32.2. The van der Waals surface area contributed by atoms with E-state index in [0.717, 1.165) is 35.3 Å². The number of nitrogens with one attached hydrogen (secondary N) is 1. The molecule has 1 N–H and O–H groups in total. The Hall–Kier alpha value is -1.29. The van der Waals surface area contributed by atoms with Crippen molar-refractivity contribution in [3.63, 3.8) is 0 Å². The first-order chi connectivity index (χ1) is 10.8. The third-order valence-corrected chi connectivity index (χ3v) is 5.71. The molecule has 1 heterocycles. The Morgan fingerprint density at radius 1 is 1.32 bits per heavy atom. The highest BCUT2D eigenvalue weighted by Crippen LogP contribution is 2.28. The summed E-state index contributed by atoms with van der Waals surface area (Å²) < 4.78 is 0. The van der Waals surface area contributed by atoms with Crippen molar-refractivity contribution in [2.45, 2.75) is 57.1 Å². The van der Waals surface area contributed by atoms with Gasteiger partial charge >= 0.3 is 0 Å². The zero-order valence-corrected chi connectivity index (χ0v) is 14.0. The maximum Gasteiger partial charge on any atom is 0.172 e. The van der Waals surface area contributed by atoms with Crippen LogP contribution in [0.15, 0.2) is 18.2 Å². The van der Waals surface area contributed by atoms with Crippen LogP contribution in [0.4, 0.5) is 0 Å². The molecule has 1 aliphatic rings. The van der Waals surface area contributed by atoms with Crippen molar-refractivity contribution >= 4 is 28.6 Å². The molecule has 0 atom stereocenters. The number of H-pyrrole nitrogens is 1. The Labute approximate surface area is 136 Å². The number of benzene rings is 1. The predicted octanol–water partition coefficient (Wildman–Crippen LogP) is 4.76. The minimum absolute atomic E-state index is 0.240. The van der Waals surface area contributed by atoms with E-state index in [1.54, 1.807) is 0 Å². The molecule has 1 aromatic heterocycles. The molecule has 0 spiro atoms. The molecule has 22 heavy (non-hydrogen) atoms. The fourth-order valence-electron chi connectivity index (χ4n) is 3.10. The molecule has 1 fully saturated rings. The van der Waals surface area contributed by atoms with E-state index in [-0.39, 0.29) is 5.78 Å². The SMILES string of the molecule is CCCc1nc2ccc(C(=O)CSC3CCCCC3)cc2[nH]1. The van der Waals surface area contributed by atoms with E-state index in [4.69, 9.17) is 0 Å². The van der Waals surface area contributed by atoms with Crippen LogP contribution in [-0.2, 0) is 6.42 Å². The van der Waals surface area contributed by atoms with Gasteiger partial charge in [0.1, 0.15) is 5.82 Å². The van der Waals surface area contributed by atoms with Crippen LogP contribution in [0.3, 0.4) is 0 Å². The molecule has 3 rings (SSSR count). The highest BCUT2D eigenvalue weighted by Gasteiger charge is 2.16. The van der Waals surface area contributed by atoms with E-state index in [2.05, 4.69) is 16.9 Å². The standard InChI is InChI=1S/C18H24N2OS/c1-2-6-18-19-15-10-9-13(11-16(15)20-18)17(21)12-22-14-7-4-3-5-8-14/h9-11,14H,2-8,12H2,1H3,(H,19,20). The maximum absolute atomic E-state index is 12.4. The molecule has 1 aliphatic carbocycles. The zero-order valence-electron chi connectivity index (χ0n) is 13.2. The van der Waals surface area contributed by atoms with E-state index >= 15 is 0 Å². The lowest BCUT2D eigenvalue weighted by atomic mass is 10.0. The van der Waals surface area contributed by atoms with Crippen LogP contribution in [-0.4, -0.2) is 26.8 Å². The number of hydrogen-bond donors (Lipinski definition) is 1. The van der Waals surface area contributed by atoms with Crippen molar-refractivity contribution in [3.8, 4) is 0 Å². The summed E-state index contributed by atoms with van der Waals surface area (Å²) in [7, 11) is 0. The predicted molar refractivity (Wildman–Crippen MR) is 93.8 cm³/mol. The van der Waals surface area contributed by atoms with Crippen LogP contribution in [0, 0.1) is 0 Å². The van der Waals surface area contributed by atoms with Gasteiger partial charge in [-0.3, -0.25) is 4.79 Å². The second-order valence-corrected chi connectivity index (χ2v) is 7.45. The molecule has 0 amide bonds. The number of ketones is 1. The monoisotopic (exact) mass is 316 g/mol. The van der Waals surface area contributed by atoms with E-state index in [9.17, 15) is 4.79 Å². The largest absolute Gasteiger partial charge is 0.342 e. The number of fused-ring (bicyclic) bond motifs is 1. The smallest absolute Gasteiger partial charge is 0.172 e. The number of hydrogen-bond acceptors (Lipinski definition) is 3. The second kappa shape index (κ2) is 7.32. The summed E-state index contributed by atoms with van der Waals surface area (Å²) in [5.74, 6) is 1.86. The molecule has 1 saturated carbocycles. The number of rotatable bonds is 6. The fraction of sp³-hybridized carbons (Fsp3) is 0.556. The molecule has 0 radical (unpaired) electrons. The number of nitrogens with zero attached hydrogens (tertiary/aromatic N) is 1. The Bertz CT molecular complexity index is 644. The third-order valence-electron chi connectivity index (χ3n) is 4.34. The minimum Gasteiger partial charge on any atom is -0.342 e. The van der Waals surface area contributed by atoms with Gasteiger partial charge in [0.2, 0.25) is 0 Å². The molecule has 0 unspecified atom stereocenters. The van der Waals surface area contributed by atoms with Crippen LogP contribution in [0.25, 0.3) is 11.0 Å². The van der Waals surface area contributed by atoms with Gasteiger partial charge in [-0.15, -0.1) is 0 Å². The first-order valence-electron chi connectivity index (χ1n) is 8.39. The average Bonchev–Trinajstić information content (AvgIpc) is 2.95. The molecule has 0 aliphatic heterocycles. The molecular formula is C18H24N2OS. The number of carbonyl (C=O) groups excluding carboxylic acids is 1. The van der Waals surface area contributed by atoms with Crippen LogP contribution in [0.1, 0.15) is 61.6 Å². The van der Waals surface area contributed by atoms with Crippen molar-refractivity contribution in [1.82, 2.24) is 9.97 Å². The number of carbonyl (C=O) groups is 1. The topological polar surface area (TPSA) is 45.8 Å². The van der Waals surface area contributed by atoms with Gasteiger partial charge in [0.05, 0.1) is 16.8 Å². The zero-order chi connectivity index (χ0) is 15.4. The summed E-state index contributed by atoms with van der Waals surface area (Å²) in [5, 5.41) is 0.685. The summed E-state index contributed by atoms with van der Waals surface area (Å²) in [6, 6.07) is 5.84. The van der Waals surface area contributed by atoms with Gasteiger partial charge in [-0.05, 0) is 37.5 Å². The van der Waals surface area contributed by atoms with Crippen molar-refractivity contribution in [1.29, 1.82) is 0 Å². The highest BCUT2D eigenvalue weighted by molar-refractivity contribution is 8.00. The van der Waals surface area contributed by atoms with Gasteiger partial charge in [-0.1, -0.05) is 26.2 Å². The second-order valence-electron chi connectivity index (χ2n) is 6.16. The van der Waals surface area contributed by atoms with Gasteiger partial charge in [-0.2, -0.15) is 11.8 Å². The summed E-state index contributed by atoms with van der Waals surface area (Å²) in [5.41, 5.74) is 2.75. The lowest BCUT2D eigenvalue weighted by Crippen LogP contribution is -2.12. The minimum atomic E-state index is 0.240. The van der Waals surface area contributed by atoms with Gasteiger partial charge < -0.3 is 4.98 Å². The number of aromatic amines is 1.